The van der Waals surface area contributed by atoms with Gasteiger partial charge in [0, 0.05) is 42.8 Å². The number of hydrogen-bond donors (Lipinski definition) is 1. The van der Waals surface area contributed by atoms with E-state index in [1.54, 1.807) is 34.9 Å². The van der Waals surface area contributed by atoms with Crippen molar-refractivity contribution >= 4 is 20.8 Å². The van der Waals surface area contributed by atoms with Crippen molar-refractivity contribution in [2.24, 2.45) is 5.92 Å². The predicted molar refractivity (Wildman–Crippen MR) is 87.2 cm³/mol. The molecule has 6 heteroatoms. The SMILES string of the molecule is CCC1CNCCN(S(=O)(=O)c2cccc3cnccc23)C1. The van der Waals surface area contributed by atoms with Crippen molar-refractivity contribution in [2.75, 3.05) is 26.2 Å². The monoisotopic (exact) mass is 319 g/mol. The summed E-state index contributed by atoms with van der Waals surface area (Å²) in [7, 11) is -3.49. The second-order valence-electron chi connectivity index (χ2n) is 5.69. The number of nitrogens with one attached hydrogen (secondary N) is 1. The summed E-state index contributed by atoms with van der Waals surface area (Å²) in [6.45, 7) is 4.77. The lowest BCUT2D eigenvalue weighted by Gasteiger charge is -2.23. The summed E-state index contributed by atoms with van der Waals surface area (Å²) in [6, 6.07) is 7.14. The third-order valence-electron chi connectivity index (χ3n) is 4.27. The van der Waals surface area contributed by atoms with Crippen LogP contribution < -0.4 is 5.32 Å². The van der Waals surface area contributed by atoms with Crippen LogP contribution in [0.5, 0.6) is 0 Å². The molecular weight excluding hydrogens is 298 g/mol. The number of benzene rings is 1. The van der Waals surface area contributed by atoms with E-state index in [0.29, 0.717) is 30.4 Å². The van der Waals surface area contributed by atoms with Gasteiger partial charge in [-0.2, -0.15) is 4.31 Å². The summed E-state index contributed by atoms with van der Waals surface area (Å²) in [6.07, 6.45) is 4.31. The van der Waals surface area contributed by atoms with Crippen LogP contribution in [0.4, 0.5) is 0 Å². The third-order valence-corrected chi connectivity index (χ3v) is 6.19. The Labute approximate surface area is 131 Å². The van der Waals surface area contributed by atoms with E-state index in [9.17, 15) is 8.42 Å². The van der Waals surface area contributed by atoms with Crippen LogP contribution in [0.3, 0.4) is 0 Å². The molecule has 0 spiro atoms. The summed E-state index contributed by atoms with van der Waals surface area (Å²) < 4.78 is 27.8. The molecule has 1 saturated heterocycles. The molecule has 1 N–H and O–H groups in total. The maximum Gasteiger partial charge on any atom is 0.243 e. The fourth-order valence-electron chi connectivity index (χ4n) is 2.90. The number of aromatic nitrogens is 1. The largest absolute Gasteiger partial charge is 0.315 e. The smallest absolute Gasteiger partial charge is 0.243 e. The molecule has 0 radical (unpaired) electrons. The Hall–Kier alpha value is -1.50. The van der Waals surface area contributed by atoms with Crippen LogP contribution in [0.2, 0.25) is 0 Å². The zero-order valence-corrected chi connectivity index (χ0v) is 13.5. The van der Waals surface area contributed by atoms with Gasteiger partial charge in [-0.05, 0) is 24.6 Å². The normalized spacial score (nSPS) is 20.9. The van der Waals surface area contributed by atoms with Gasteiger partial charge in [0.05, 0.1) is 4.90 Å². The molecule has 5 nitrogen and oxygen atoms in total. The van der Waals surface area contributed by atoms with E-state index < -0.39 is 10.0 Å². The van der Waals surface area contributed by atoms with Gasteiger partial charge in [-0.25, -0.2) is 8.42 Å². The Morgan fingerprint density at radius 3 is 3.05 bits per heavy atom. The van der Waals surface area contributed by atoms with Gasteiger partial charge < -0.3 is 5.32 Å². The summed E-state index contributed by atoms with van der Waals surface area (Å²) in [5.41, 5.74) is 0. The highest BCUT2D eigenvalue weighted by Crippen LogP contribution is 2.26. The molecule has 1 aliphatic rings. The first kappa shape index (κ1) is 15.4. The van der Waals surface area contributed by atoms with E-state index in [-0.39, 0.29) is 0 Å². The molecule has 1 aliphatic heterocycles. The number of nitrogens with zero attached hydrogens (tertiary/aromatic N) is 2. The summed E-state index contributed by atoms with van der Waals surface area (Å²) in [5.74, 6) is 0.355. The summed E-state index contributed by atoms with van der Waals surface area (Å²) in [4.78, 5) is 4.45. The van der Waals surface area contributed by atoms with E-state index in [1.165, 1.54) is 0 Å². The molecule has 118 valence electrons. The molecule has 1 atom stereocenters. The molecule has 0 amide bonds. The first-order chi connectivity index (χ1) is 10.6. The summed E-state index contributed by atoms with van der Waals surface area (Å²) >= 11 is 0. The quantitative estimate of drug-likeness (QED) is 0.938. The first-order valence-electron chi connectivity index (χ1n) is 7.66. The highest BCUT2D eigenvalue weighted by atomic mass is 32.2. The van der Waals surface area contributed by atoms with Gasteiger partial charge in [0.15, 0.2) is 0 Å². The Kier molecular flexibility index (Phi) is 4.42. The molecule has 0 bridgehead atoms. The average molecular weight is 319 g/mol. The van der Waals surface area contributed by atoms with Crippen molar-refractivity contribution in [2.45, 2.75) is 18.2 Å². The Balaban J connectivity index is 2.04. The lowest BCUT2D eigenvalue weighted by atomic mass is 10.1. The minimum atomic E-state index is -3.49. The molecular formula is C16H21N3O2S. The van der Waals surface area contributed by atoms with Crippen molar-refractivity contribution in [3.63, 3.8) is 0 Å². The minimum Gasteiger partial charge on any atom is -0.315 e. The van der Waals surface area contributed by atoms with Gasteiger partial charge in [-0.1, -0.05) is 25.5 Å². The molecule has 1 aromatic heterocycles. The molecule has 0 aliphatic carbocycles. The topological polar surface area (TPSA) is 62.3 Å². The molecule has 1 aromatic carbocycles. The molecule has 2 aromatic rings. The van der Waals surface area contributed by atoms with Crippen LogP contribution in [0.25, 0.3) is 10.8 Å². The van der Waals surface area contributed by atoms with Gasteiger partial charge in [0.2, 0.25) is 10.0 Å². The van der Waals surface area contributed by atoms with Crippen LogP contribution in [0, 0.1) is 5.92 Å². The fourth-order valence-corrected chi connectivity index (χ4v) is 4.63. The third kappa shape index (κ3) is 2.86. The van der Waals surface area contributed by atoms with E-state index in [1.807, 2.05) is 6.07 Å². The van der Waals surface area contributed by atoms with Gasteiger partial charge in [0.1, 0.15) is 0 Å². The molecule has 0 saturated carbocycles. The highest BCUT2D eigenvalue weighted by Gasteiger charge is 2.29. The Morgan fingerprint density at radius 2 is 2.23 bits per heavy atom. The van der Waals surface area contributed by atoms with Gasteiger partial charge in [0.25, 0.3) is 0 Å². The zero-order chi connectivity index (χ0) is 15.6. The van der Waals surface area contributed by atoms with Crippen LogP contribution in [-0.2, 0) is 10.0 Å². The predicted octanol–water partition coefficient (Wildman–Crippen LogP) is 1.85. The minimum absolute atomic E-state index is 0.355. The fraction of sp³-hybridized carbons (Fsp3) is 0.438. The second-order valence-corrected chi connectivity index (χ2v) is 7.60. The van der Waals surface area contributed by atoms with Crippen LogP contribution in [0.1, 0.15) is 13.3 Å². The second kappa shape index (κ2) is 6.32. The number of hydrogen-bond acceptors (Lipinski definition) is 4. The maximum atomic E-state index is 13.1. The lowest BCUT2D eigenvalue weighted by Crippen LogP contribution is -2.36. The maximum absolute atomic E-state index is 13.1. The molecule has 22 heavy (non-hydrogen) atoms. The number of sulfonamides is 1. The van der Waals surface area contributed by atoms with Crippen molar-refractivity contribution in [3.8, 4) is 0 Å². The molecule has 1 fully saturated rings. The Bertz CT molecular complexity index is 756. The lowest BCUT2D eigenvalue weighted by molar-refractivity contribution is 0.371. The number of pyridine rings is 1. The van der Waals surface area contributed by atoms with Crippen LogP contribution in [0.15, 0.2) is 41.6 Å². The molecule has 3 rings (SSSR count). The van der Waals surface area contributed by atoms with E-state index in [0.717, 1.165) is 23.7 Å². The zero-order valence-electron chi connectivity index (χ0n) is 12.7. The first-order valence-corrected chi connectivity index (χ1v) is 9.10. The summed E-state index contributed by atoms with van der Waals surface area (Å²) in [5, 5.41) is 4.91. The van der Waals surface area contributed by atoms with Crippen molar-refractivity contribution in [3.05, 3.63) is 36.7 Å². The van der Waals surface area contributed by atoms with Crippen molar-refractivity contribution < 1.29 is 8.42 Å². The van der Waals surface area contributed by atoms with Gasteiger partial charge >= 0.3 is 0 Å². The highest BCUT2D eigenvalue weighted by molar-refractivity contribution is 7.89. The Morgan fingerprint density at radius 1 is 1.36 bits per heavy atom. The number of fused-ring (bicyclic) bond motifs is 1. The van der Waals surface area contributed by atoms with Crippen molar-refractivity contribution in [1.29, 1.82) is 0 Å². The van der Waals surface area contributed by atoms with E-state index >= 15 is 0 Å². The number of rotatable bonds is 3. The molecule has 2 heterocycles. The average Bonchev–Trinajstić information content (AvgIpc) is 2.80. The van der Waals surface area contributed by atoms with Gasteiger partial charge in [-0.3, -0.25) is 4.98 Å². The van der Waals surface area contributed by atoms with Crippen molar-refractivity contribution in [1.82, 2.24) is 14.6 Å². The van der Waals surface area contributed by atoms with E-state index in [4.69, 9.17) is 0 Å². The van der Waals surface area contributed by atoms with Crippen LogP contribution in [-0.4, -0.2) is 43.9 Å². The van der Waals surface area contributed by atoms with E-state index in [2.05, 4.69) is 17.2 Å². The van der Waals surface area contributed by atoms with Crippen LogP contribution >= 0.6 is 0 Å². The van der Waals surface area contributed by atoms with Gasteiger partial charge in [-0.15, -0.1) is 0 Å². The standard InChI is InChI=1S/C16H21N3O2S/c1-2-13-10-18-8-9-19(12-13)22(20,21)16-5-3-4-14-11-17-7-6-15(14)16/h3-7,11,13,18H,2,8-10,12H2,1H3. The molecule has 1 unspecified atom stereocenters.